The molecule has 8 heteroatoms. The molecule has 0 aliphatic heterocycles. The molecule has 0 saturated heterocycles. The van der Waals surface area contributed by atoms with E-state index in [2.05, 4.69) is 5.43 Å². The van der Waals surface area contributed by atoms with Crippen LogP contribution in [0.4, 0.5) is 10.5 Å². The highest BCUT2D eigenvalue weighted by molar-refractivity contribution is 5.96. The van der Waals surface area contributed by atoms with E-state index < -0.39 is 16.9 Å². The lowest BCUT2D eigenvalue weighted by Gasteiger charge is -2.06. The lowest BCUT2D eigenvalue weighted by molar-refractivity contribution is -0.384. The quantitative estimate of drug-likeness (QED) is 0.502. The summed E-state index contributed by atoms with van der Waals surface area (Å²) < 4.78 is 0. The number of non-ortho nitro benzene ring substituents is 1. The van der Waals surface area contributed by atoms with Gasteiger partial charge in [0.05, 0.1) is 4.92 Å². The molecule has 0 aliphatic rings. The van der Waals surface area contributed by atoms with Crippen LogP contribution in [-0.2, 0) is 0 Å². The number of nitro benzene ring substituents is 1. The van der Waals surface area contributed by atoms with Crippen LogP contribution in [0.5, 0.6) is 0 Å². The van der Waals surface area contributed by atoms with E-state index in [-0.39, 0.29) is 11.3 Å². The van der Waals surface area contributed by atoms with Crippen LogP contribution in [-0.4, -0.2) is 16.9 Å². The largest absolute Gasteiger partial charge is 0.350 e. The van der Waals surface area contributed by atoms with Crippen LogP contribution in [0, 0.1) is 17.0 Å². The predicted molar refractivity (Wildman–Crippen MR) is 58.0 cm³/mol. The van der Waals surface area contributed by atoms with Crippen molar-refractivity contribution in [2.45, 2.75) is 6.92 Å². The Morgan fingerprint density at radius 2 is 2.00 bits per heavy atom. The smallest absolute Gasteiger partial charge is 0.330 e. The molecule has 17 heavy (non-hydrogen) atoms. The summed E-state index contributed by atoms with van der Waals surface area (Å²) in [5.74, 6) is -0.601. The highest BCUT2D eigenvalue weighted by Gasteiger charge is 2.13. The average Bonchev–Trinajstić information content (AvgIpc) is 2.25. The van der Waals surface area contributed by atoms with Crippen molar-refractivity contribution in [1.82, 2.24) is 10.9 Å². The molecule has 0 heterocycles. The minimum absolute atomic E-state index is 0.109. The van der Waals surface area contributed by atoms with Gasteiger partial charge in [-0.2, -0.15) is 0 Å². The van der Waals surface area contributed by atoms with Gasteiger partial charge >= 0.3 is 6.03 Å². The molecule has 0 bridgehead atoms. The third kappa shape index (κ3) is 3.16. The van der Waals surface area contributed by atoms with E-state index in [4.69, 9.17) is 5.73 Å². The van der Waals surface area contributed by atoms with E-state index in [9.17, 15) is 19.7 Å². The van der Waals surface area contributed by atoms with Gasteiger partial charge in [0.25, 0.3) is 11.6 Å². The normalized spacial score (nSPS) is 9.47. The summed E-state index contributed by atoms with van der Waals surface area (Å²) in [5, 5.41) is 10.5. The molecule has 4 N–H and O–H groups in total. The zero-order valence-corrected chi connectivity index (χ0v) is 8.89. The van der Waals surface area contributed by atoms with Crippen molar-refractivity contribution in [1.29, 1.82) is 0 Å². The fraction of sp³-hybridized carbons (Fsp3) is 0.111. The van der Waals surface area contributed by atoms with Gasteiger partial charge in [-0.1, -0.05) is 0 Å². The number of urea groups is 1. The number of rotatable bonds is 2. The molecule has 0 aromatic heterocycles. The first kappa shape index (κ1) is 12.4. The van der Waals surface area contributed by atoms with Crippen molar-refractivity contribution in [3.05, 3.63) is 39.4 Å². The maximum absolute atomic E-state index is 11.5. The van der Waals surface area contributed by atoms with Gasteiger partial charge in [-0.25, -0.2) is 10.2 Å². The molecule has 1 aromatic carbocycles. The van der Waals surface area contributed by atoms with Crippen molar-refractivity contribution in [3.63, 3.8) is 0 Å². The van der Waals surface area contributed by atoms with E-state index in [1.807, 2.05) is 5.43 Å². The highest BCUT2D eigenvalue weighted by atomic mass is 16.6. The summed E-state index contributed by atoms with van der Waals surface area (Å²) in [6, 6.07) is 2.86. The number of nitrogens with two attached hydrogens (primary N) is 1. The first-order chi connectivity index (χ1) is 7.91. The van der Waals surface area contributed by atoms with Gasteiger partial charge in [0.15, 0.2) is 0 Å². The third-order valence-corrected chi connectivity index (χ3v) is 1.96. The number of hydrazine groups is 1. The van der Waals surface area contributed by atoms with Crippen LogP contribution in [0.2, 0.25) is 0 Å². The fourth-order valence-corrected chi connectivity index (χ4v) is 1.20. The SMILES string of the molecule is Cc1cc([N+](=O)[O-])ccc1C(=O)NNC(N)=O. The molecule has 8 nitrogen and oxygen atoms in total. The minimum atomic E-state index is -0.905. The van der Waals surface area contributed by atoms with Gasteiger partial charge in [0.2, 0.25) is 0 Å². The Kier molecular flexibility index (Phi) is 3.60. The van der Waals surface area contributed by atoms with Crippen molar-refractivity contribution >= 4 is 17.6 Å². The number of primary amides is 1. The molecular weight excluding hydrogens is 228 g/mol. The molecule has 1 aromatic rings. The molecule has 0 aliphatic carbocycles. The number of carbonyl (C=O) groups is 2. The van der Waals surface area contributed by atoms with Crippen LogP contribution in [0.1, 0.15) is 15.9 Å². The number of benzene rings is 1. The molecule has 0 atom stereocenters. The van der Waals surface area contributed by atoms with Crippen molar-refractivity contribution in [2.75, 3.05) is 0 Å². The molecule has 0 fully saturated rings. The Morgan fingerprint density at radius 1 is 1.35 bits per heavy atom. The van der Waals surface area contributed by atoms with E-state index in [1.165, 1.54) is 18.2 Å². The zero-order chi connectivity index (χ0) is 13.0. The second kappa shape index (κ2) is 4.92. The number of amides is 3. The number of nitrogens with zero attached hydrogens (tertiary/aromatic N) is 1. The molecule has 0 spiro atoms. The Labute approximate surface area is 95.9 Å². The second-order valence-electron chi connectivity index (χ2n) is 3.20. The Hall–Kier alpha value is -2.64. The molecule has 90 valence electrons. The molecule has 3 amide bonds. The molecule has 0 saturated carbocycles. The number of nitrogens with one attached hydrogen (secondary N) is 2. The predicted octanol–water partition coefficient (Wildman–Crippen LogP) is 0.216. The number of hydrogen-bond acceptors (Lipinski definition) is 4. The molecule has 0 unspecified atom stereocenters. The maximum Gasteiger partial charge on any atom is 0.330 e. The summed E-state index contributed by atoms with van der Waals surface area (Å²) in [5.41, 5.74) is 9.26. The van der Waals surface area contributed by atoms with Crippen LogP contribution in [0.3, 0.4) is 0 Å². The zero-order valence-electron chi connectivity index (χ0n) is 8.89. The number of hydrogen-bond donors (Lipinski definition) is 3. The topological polar surface area (TPSA) is 127 Å². The summed E-state index contributed by atoms with van der Waals surface area (Å²) in [6.45, 7) is 1.55. The Bertz CT molecular complexity index is 486. The number of nitro groups is 1. The van der Waals surface area contributed by atoms with Crippen molar-refractivity contribution < 1.29 is 14.5 Å². The van der Waals surface area contributed by atoms with E-state index in [0.29, 0.717) is 5.56 Å². The summed E-state index contributed by atoms with van der Waals surface area (Å²) >= 11 is 0. The second-order valence-corrected chi connectivity index (χ2v) is 3.20. The first-order valence-corrected chi connectivity index (χ1v) is 4.52. The number of carbonyl (C=O) groups excluding carboxylic acids is 2. The minimum Gasteiger partial charge on any atom is -0.350 e. The van der Waals surface area contributed by atoms with Gasteiger partial charge in [-0.15, -0.1) is 0 Å². The average molecular weight is 238 g/mol. The molecule has 1 rings (SSSR count). The van der Waals surface area contributed by atoms with E-state index in [1.54, 1.807) is 6.92 Å². The van der Waals surface area contributed by atoms with E-state index in [0.717, 1.165) is 0 Å². The fourth-order valence-electron chi connectivity index (χ4n) is 1.20. The van der Waals surface area contributed by atoms with Crippen LogP contribution in [0.15, 0.2) is 18.2 Å². The van der Waals surface area contributed by atoms with Gasteiger partial charge in [-0.3, -0.25) is 20.3 Å². The van der Waals surface area contributed by atoms with Gasteiger partial charge in [-0.05, 0) is 18.6 Å². The van der Waals surface area contributed by atoms with Gasteiger partial charge in [0, 0.05) is 17.7 Å². The highest BCUT2D eigenvalue weighted by Crippen LogP contribution is 2.16. The Morgan fingerprint density at radius 3 is 2.47 bits per heavy atom. The summed E-state index contributed by atoms with van der Waals surface area (Å²) in [6.07, 6.45) is 0. The van der Waals surface area contributed by atoms with Crippen molar-refractivity contribution in [2.24, 2.45) is 5.73 Å². The van der Waals surface area contributed by atoms with Crippen LogP contribution in [0.25, 0.3) is 0 Å². The Balaban J connectivity index is 2.88. The molecular formula is C9H10N4O4. The van der Waals surface area contributed by atoms with Crippen molar-refractivity contribution in [3.8, 4) is 0 Å². The lowest BCUT2D eigenvalue weighted by Crippen LogP contribution is -2.44. The monoisotopic (exact) mass is 238 g/mol. The third-order valence-electron chi connectivity index (χ3n) is 1.96. The standard InChI is InChI=1S/C9H10N4O4/c1-5-4-6(13(16)17)2-3-7(5)8(14)11-12-9(10)15/h2-4H,1H3,(H,11,14)(H3,10,12,15). The lowest BCUT2D eigenvalue weighted by atomic mass is 10.1. The molecule has 0 radical (unpaired) electrons. The summed E-state index contributed by atoms with van der Waals surface area (Å²) in [4.78, 5) is 31.8. The maximum atomic E-state index is 11.5. The first-order valence-electron chi connectivity index (χ1n) is 4.52. The van der Waals surface area contributed by atoms with Gasteiger partial charge in [0.1, 0.15) is 0 Å². The summed E-state index contributed by atoms with van der Waals surface area (Å²) in [7, 11) is 0. The van der Waals surface area contributed by atoms with Crippen LogP contribution >= 0.6 is 0 Å². The van der Waals surface area contributed by atoms with Crippen LogP contribution < -0.4 is 16.6 Å². The van der Waals surface area contributed by atoms with E-state index >= 15 is 0 Å². The number of aryl methyl sites for hydroxylation is 1. The van der Waals surface area contributed by atoms with Gasteiger partial charge < -0.3 is 5.73 Å².